The number of anilines is 1. The molecule has 1 aromatic heterocycles. The topological polar surface area (TPSA) is 91.8 Å². The number of carbonyl (C=O) groups is 2. The van der Waals surface area contributed by atoms with Crippen LogP contribution in [-0.4, -0.2) is 53.8 Å². The predicted octanol–water partition coefficient (Wildman–Crippen LogP) is 0.264. The number of ether oxygens (including phenoxy) is 1. The first-order valence-corrected chi connectivity index (χ1v) is 7.00. The average Bonchev–Trinajstić information content (AvgIpc) is 3.31. The lowest BCUT2D eigenvalue weighted by Crippen LogP contribution is -2.54. The Kier molecular flexibility index (Phi) is 3.74. The van der Waals surface area contributed by atoms with Crippen molar-refractivity contribution in [3.63, 3.8) is 0 Å². The number of carboxylic acids is 1. The molecule has 2 aliphatic rings. The maximum absolute atomic E-state index is 12.3. The quantitative estimate of drug-likeness (QED) is 0.827. The molecule has 0 bridgehead atoms. The van der Waals surface area contributed by atoms with Crippen LogP contribution >= 0.6 is 0 Å². The maximum Gasteiger partial charge on any atom is 0.354 e. The van der Waals surface area contributed by atoms with Crippen LogP contribution in [0.5, 0.6) is 0 Å². The van der Waals surface area contributed by atoms with Crippen LogP contribution < -0.4 is 10.2 Å². The summed E-state index contributed by atoms with van der Waals surface area (Å²) in [5.74, 6) is -0.669. The first-order chi connectivity index (χ1) is 10.1. The van der Waals surface area contributed by atoms with E-state index >= 15 is 0 Å². The van der Waals surface area contributed by atoms with Crippen LogP contribution in [0.25, 0.3) is 0 Å². The number of aromatic nitrogens is 1. The smallest absolute Gasteiger partial charge is 0.354 e. The molecule has 0 aromatic carbocycles. The fraction of sp³-hybridized carbons (Fsp3) is 0.500. The summed E-state index contributed by atoms with van der Waals surface area (Å²) < 4.78 is 5.39. The molecule has 112 valence electrons. The van der Waals surface area contributed by atoms with Crippen LogP contribution in [0.1, 0.15) is 23.3 Å². The van der Waals surface area contributed by atoms with Crippen LogP contribution in [0.3, 0.4) is 0 Å². The van der Waals surface area contributed by atoms with Gasteiger partial charge in [0.05, 0.1) is 13.2 Å². The van der Waals surface area contributed by atoms with Crippen molar-refractivity contribution >= 4 is 17.7 Å². The van der Waals surface area contributed by atoms with Gasteiger partial charge in [-0.15, -0.1) is 0 Å². The van der Waals surface area contributed by atoms with Crippen molar-refractivity contribution in [2.75, 3.05) is 24.7 Å². The zero-order valence-electron chi connectivity index (χ0n) is 11.5. The molecule has 0 radical (unpaired) electrons. The second-order valence-electron chi connectivity index (χ2n) is 5.25. The highest BCUT2D eigenvalue weighted by Crippen LogP contribution is 2.22. The highest BCUT2D eigenvalue weighted by molar-refractivity contribution is 5.87. The first kappa shape index (κ1) is 13.8. The molecule has 1 aromatic rings. The Bertz CT molecular complexity index is 559. The molecule has 1 atom stereocenters. The number of hydrogen-bond donors (Lipinski definition) is 2. The van der Waals surface area contributed by atoms with E-state index in [9.17, 15) is 9.59 Å². The van der Waals surface area contributed by atoms with Crippen LogP contribution in [0.4, 0.5) is 5.82 Å². The molecular weight excluding hydrogens is 274 g/mol. The van der Waals surface area contributed by atoms with E-state index in [4.69, 9.17) is 9.84 Å². The highest BCUT2D eigenvalue weighted by atomic mass is 16.5. The molecule has 1 saturated carbocycles. The molecule has 1 unspecified atom stereocenters. The summed E-state index contributed by atoms with van der Waals surface area (Å²) >= 11 is 0. The standard InChI is InChI=1S/C14H17N3O4/c18-13(15-9-4-5-9)11-8-21-7-6-17(11)12-3-1-2-10(16-12)14(19)20/h1-3,9,11H,4-8H2,(H,15,18)(H,19,20). The van der Waals surface area contributed by atoms with Crippen molar-refractivity contribution in [1.29, 1.82) is 0 Å². The number of carboxylic acid groups (broad SMARTS) is 1. The molecule has 2 N–H and O–H groups in total. The van der Waals surface area contributed by atoms with Crippen molar-refractivity contribution in [3.8, 4) is 0 Å². The Hall–Kier alpha value is -2.15. The molecule has 1 aliphatic heterocycles. The largest absolute Gasteiger partial charge is 0.477 e. The summed E-state index contributed by atoms with van der Waals surface area (Å²) in [5.41, 5.74) is -0.0275. The summed E-state index contributed by atoms with van der Waals surface area (Å²) in [6.45, 7) is 1.29. The van der Waals surface area contributed by atoms with Gasteiger partial charge >= 0.3 is 5.97 Å². The number of nitrogens with one attached hydrogen (secondary N) is 1. The van der Waals surface area contributed by atoms with E-state index in [1.54, 1.807) is 12.1 Å². The van der Waals surface area contributed by atoms with Crippen molar-refractivity contribution in [1.82, 2.24) is 10.3 Å². The summed E-state index contributed by atoms with van der Waals surface area (Å²) in [6.07, 6.45) is 2.04. The molecule has 21 heavy (non-hydrogen) atoms. The van der Waals surface area contributed by atoms with Gasteiger partial charge in [-0.2, -0.15) is 0 Å². The van der Waals surface area contributed by atoms with Crippen LogP contribution in [-0.2, 0) is 9.53 Å². The van der Waals surface area contributed by atoms with Crippen LogP contribution in [0.2, 0.25) is 0 Å². The fourth-order valence-electron chi connectivity index (χ4n) is 2.32. The number of aromatic carboxylic acids is 1. The number of amides is 1. The third-order valence-electron chi connectivity index (χ3n) is 3.60. The Balaban J connectivity index is 1.81. The van der Waals surface area contributed by atoms with Crippen molar-refractivity contribution in [3.05, 3.63) is 23.9 Å². The predicted molar refractivity (Wildman–Crippen MR) is 74.3 cm³/mol. The van der Waals surface area contributed by atoms with Crippen molar-refractivity contribution in [2.24, 2.45) is 0 Å². The highest BCUT2D eigenvalue weighted by Gasteiger charge is 2.34. The van der Waals surface area contributed by atoms with Gasteiger partial charge in [-0.3, -0.25) is 4.79 Å². The van der Waals surface area contributed by atoms with E-state index in [-0.39, 0.29) is 24.2 Å². The molecule has 7 heteroatoms. The number of pyridine rings is 1. The van der Waals surface area contributed by atoms with Gasteiger partial charge in [-0.1, -0.05) is 6.07 Å². The molecule has 1 saturated heterocycles. The van der Waals surface area contributed by atoms with Crippen LogP contribution in [0, 0.1) is 0 Å². The molecule has 7 nitrogen and oxygen atoms in total. The van der Waals surface area contributed by atoms with Gasteiger partial charge in [0, 0.05) is 12.6 Å². The lowest BCUT2D eigenvalue weighted by molar-refractivity contribution is -0.124. The third-order valence-corrected chi connectivity index (χ3v) is 3.60. The second-order valence-corrected chi connectivity index (χ2v) is 5.25. The lowest BCUT2D eigenvalue weighted by atomic mass is 10.2. The summed E-state index contributed by atoms with van der Waals surface area (Å²) in [6, 6.07) is 4.60. The number of carbonyl (C=O) groups excluding carboxylic acids is 1. The minimum absolute atomic E-state index is 0.0275. The Morgan fingerprint density at radius 1 is 1.38 bits per heavy atom. The lowest BCUT2D eigenvalue weighted by Gasteiger charge is -2.35. The molecule has 0 spiro atoms. The molecule has 2 heterocycles. The number of hydrogen-bond acceptors (Lipinski definition) is 5. The Morgan fingerprint density at radius 3 is 2.90 bits per heavy atom. The summed E-state index contributed by atoms with van der Waals surface area (Å²) in [7, 11) is 0. The number of morpholine rings is 1. The van der Waals surface area contributed by atoms with Crippen molar-refractivity contribution < 1.29 is 19.4 Å². The van der Waals surface area contributed by atoms with E-state index in [0.29, 0.717) is 19.0 Å². The minimum atomic E-state index is -1.08. The molecule has 3 rings (SSSR count). The van der Waals surface area contributed by atoms with Gasteiger partial charge in [0.15, 0.2) is 5.69 Å². The Labute approximate surface area is 121 Å². The number of nitrogens with zero attached hydrogens (tertiary/aromatic N) is 2. The van der Waals surface area contributed by atoms with E-state index < -0.39 is 12.0 Å². The monoisotopic (exact) mass is 291 g/mol. The van der Waals surface area contributed by atoms with Crippen LogP contribution in [0.15, 0.2) is 18.2 Å². The average molecular weight is 291 g/mol. The normalized spacial score (nSPS) is 21.9. The zero-order valence-corrected chi connectivity index (χ0v) is 11.5. The maximum atomic E-state index is 12.3. The third kappa shape index (κ3) is 3.13. The molecule has 2 fully saturated rings. The minimum Gasteiger partial charge on any atom is -0.477 e. The number of rotatable bonds is 4. The molecular formula is C14H17N3O4. The van der Waals surface area contributed by atoms with Gasteiger partial charge < -0.3 is 20.1 Å². The van der Waals surface area contributed by atoms with E-state index in [0.717, 1.165) is 12.8 Å². The summed E-state index contributed by atoms with van der Waals surface area (Å²) in [5, 5.41) is 12.0. The van der Waals surface area contributed by atoms with Crippen molar-refractivity contribution in [2.45, 2.75) is 24.9 Å². The van der Waals surface area contributed by atoms with Gasteiger partial charge in [-0.25, -0.2) is 9.78 Å². The first-order valence-electron chi connectivity index (χ1n) is 7.00. The zero-order chi connectivity index (χ0) is 14.8. The molecule has 1 aliphatic carbocycles. The van der Waals surface area contributed by atoms with E-state index in [1.807, 2.05) is 4.90 Å². The van der Waals surface area contributed by atoms with Gasteiger partial charge in [0.1, 0.15) is 11.9 Å². The fourth-order valence-corrected chi connectivity index (χ4v) is 2.32. The van der Waals surface area contributed by atoms with Gasteiger partial charge in [-0.05, 0) is 25.0 Å². The van der Waals surface area contributed by atoms with E-state index in [1.165, 1.54) is 6.07 Å². The summed E-state index contributed by atoms with van der Waals surface area (Å²) in [4.78, 5) is 29.2. The Morgan fingerprint density at radius 2 is 2.19 bits per heavy atom. The van der Waals surface area contributed by atoms with Gasteiger partial charge in [0.2, 0.25) is 5.91 Å². The second kappa shape index (κ2) is 5.69. The molecule has 1 amide bonds. The van der Waals surface area contributed by atoms with E-state index in [2.05, 4.69) is 10.3 Å². The SMILES string of the molecule is O=C(O)c1cccc(N2CCOCC2C(=O)NC2CC2)n1. The van der Waals surface area contributed by atoms with Gasteiger partial charge in [0.25, 0.3) is 0 Å².